The average Bonchev–Trinajstić information content (AvgIpc) is 3.18. The highest BCUT2D eigenvalue weighted by molar-refractivity contribution is 5.94. The summed E-state index contributed by atoms with van der Waals surface area (Å²) in [6.07, 6.45) is 0. The molecule has 0 aliphatic rings. The first kappa shape index (κ1) is 17.5. The summed E-state index contributed by atoms with van der Waals surface area (Å²) in [5, 5.41) is 6.81. The van der Waals surface area contributed by atoms with Crippen LogP contribution in [0.3, 0.4) is 0 Å². The van der Waals surface area contributed by atoms with Gasteiger partial charge in [0.05, 0.1) is 14.2 Å². The number of rotatable bonds is 6. The van der Waals surface area contributed by atoms with Crippen molar-refractivity contribution < 1.29 is 18.8 Å². The topological polar surface area (TPSA) is 86.5 Å². The van der Waals surface area contributed by atoms with Crippen LogP contribution in [0, 0.1) is 0 Å². The zero-order valence-electron chi connectivity index (χ0n) is 14.7. The fraction of sp³-hybridized carbons (Fsp3) is 0.211. The molecule has 26 heavy (non-hydrogen) atoms. The van der Waals surface area contributed by atoms with Crippen LogP contribution < -0.4 is 14.8 Å². The Morgan fingerprint density at radius 2 is 1.81 bits per heavy atom. The molecule has 0 unspecified atom stereocenters. The van der Waals surface area contributed by atoms with E-state index in [0.29, 0.717) is 23.0 Å². The van der Waals surface area contributed by atoms with E-state index in [2.05, 4.69) is 15.5 Å². The van der Waals surface area contributed by atoms with Gasteiger partial charge in [0.15, 0.2) is 0 Å². The van der Waals surface area contributed by atoms with Gasteiger partial charge in [0.1, 0.15) is 17.5 Å². The van der Waals surface area contributed by atoms with Gasteiger partial charge in [-0.1, -0.05) is 11.2 Å². The Bertz CT molecular complexity index is 890. The lowest BCUT2D eigenvalue weighted by molar-refractivity contribution is 0.0932. The Hall–Kier alpha value is -3.35. The lowest BCUT2D eigenvalue weighted by atomic mass is 10.2. The normalized spacial score (nSPS) is 11.7. The van der Waals surface area contributed by atoms with Gasteiger partial charge in [-0.2, -0.15) is 4.98 Å². The summed E-state index contributed by atoms with van der Waals surface area (Å²) in [4.78, 5) is 16.7. The second-order valence-electron chi connectivity index (χ2n) is 5.61. The van der Waals surface area contributed by atoms with E-state index in [-0.39, 0.29) is 5.91 Å². The summed E-state index contributed by atoms with van der Waals surface area (Å²) in [5.74, 6) is 1.89. The van der Waals surface area contributed by atoms with Gasteiger partial charge in [0.2, 0.25) is 11.7 Å². The molecule has 1 heterocycles. The Balaban J connectivity index is 1.70. The summed E-state index contributed by atoms with van der Waals surface area (Å²) in [6.45, 7) is 1.78. The molecule has 0 bridgehead atoms. The lowest BCUT2D eigenvalue weighted by Gasteiger charge is -2.10. The third-order valence-electron chi connectivity index (χ3n) is 3.84. The Kier molecular flexibility index (Phi) is 5.17. The molecule has 2 aromatic carbocycles. The highest BCUT2D eigenvalue weighted by atomic mass is 16.5. The SMILES string of the molecule is COc1ccc(-c2noc([C@@H](C)NC(=O)c3cccc(OC)c3)n2)cc1. The zero-order valence-corrected chi connectivity index (χ0v) is 14.7. The van der Waals surface area contributed by atoms with Gasteiger partial charge in [-0.15, -0.1) is 0 Å². The van der Waals surface area contributed by atoms with Crippen LogP contribution in [-0.2, 0) is 0 Å². The number of amides is 1. The zero-order chi connectivity index (χ0) is 18.5. The quantitative estimate of drug-likeness (QED) is 0.732. The number of carbonyl (C=O) groups is 1. The molecule has 3 rings (SSSR count). The second-order valence-corrected chi connectivity index (χ2v) is 5.61. The van der Waals surface area contributed by atoms with Crippen LogP contribution in [0.5, 0.6) is 11.5 Å². The molecule has 0 saturated carbocycles. The predicted molar refractivity (Wildman–Crippen MR) is 95.2 cm³/mol. The minimum atomic E-state index is -0.437. The lowest BCUT2D eigenvalue weighted by Crippen LogP contribution is -2.26. The second kappa shape index (κ2) is 7.69. The van der Waals surface area contributed by atoms with Crippen molar-refractivity contribution in [3.8, 4) is 22.9 Å². The highest BCUT2D eigenvalue weighted by Gasteiger charge is 2.18. The van der Waals surface area contributed by atoms with Gasteiger partial charge in [0, 0.05) is 11.1 Å². The molecule has 1 N–H and O–H groups in total. The van der Waals surface area contributed by atoms with Crippen LogP contribution in [-0.4, -0.2) is 30.3 Å². The van der Waals surface area contributed by atoms with Crippen LogP contribution in [0.1, 0.15) is 29.2 Å². The molecule has 0 fully saturated rings. The van der Waals surface area contributed by atoms with Gasteiger partial charge >= 0.3 is 0 Å². The number of benzene rings is 2. The molecule has 1 amide bonds. The minimum absolute atomic E-state index is 0.249. The molecule has 0 spiro atoms. The Labute approximate surface area is 150 Å². The summed E-state index contributed by atoms with van der Waals surface area (Å²) in [7, 11) is 3.16. The molecule has 1 atom stereocenters. The Morgan fingerprint density at radius 3 is 2.50 bits per heavy atom. The first-order valence-electron chi connectivity index (χ1n) is 8.03. The first-order chi connectivity index (χ1) is 12.6. The first-order valence-corrected chi connectivity index (χ1v) is 8.03. The molecule has 0 aliphatic heterocycles. The van der Waals surface area contributed by atoms with Crippen molar-refractivity contribution in [3.05, 3.63) is 60.0 Å². The summed E-state index contributed by atoms with van der Waals surface area (Å²) in [5.41, 5.74) is 1.29. The summed E-state index contributed by atoms with van der Waals surface area (Å²) >= 11 is 0. The largest absolute Gasteiger partial charge is 0.497 e. The number of carbonyl (C=O) groups excluding carboxylic acids is 1. The van der Waals surface area contributed by atoms with Gasteiger partial charge in [-0.25, -0.2) is 0 Å². The van der Waals surface area contributed by atoms with Crippen molar-refractivity contribution in [3.63, 3.8) is 0 Å². The van der Waals surface area contributed by atoms with E-state index in [4.69, 9.17) is 14.0 Å². The number of aromatic nitrogens is 2. The molecule has 3 aromatic rings. The maximum Gasteiger partial charge on any atom is 0.252 e. The van der Waals surface area contributed by atoms with Crippen LogP contribution >= 0.6 is 0 Å². The van der Waals surface area contributed by atoms with Gasteiger partial charge in [-0.05, 0) is 49.4 Å². The maximum absolute atomic E-state index is 12.4. The van der Waals surface area contributed by atoms with Crippen molar-refractivity contribution in [1.82, 2.24) is 15.5 Å². The van der Waals surface area contributed by atoms with Crippen LogP contribution in [0.4, 0.5) is 0 Å². The van der Waals surface area contributed by atoms with E-state index in [0.717, 1.165) is 11.3 Å². The van der Waals surface area contributed by atoms with Crippen molar-refractivity contribution in [2.24, 2.45) is 0 Å². The van der Waals surface area contributed by atoms with Crippen molar-refractivity contribution >= 4 is 5.91 Å². The smallest absolute Gasteiger partial charge is 0.252 e. The third-order valence-corrected chi connectivity index (χ3v) is 3.84. The molecule has 0 aliphatic carbocycles. The molecular formula is C19H19N3O4. The standard InChI is InChI=1S/C19H19N3O4/c1-12(20-18(23)14-5-4-6-16(11-14)25-3)19-21-17(22-26-19)13-7-9-15(24-2)10-8-13/h4-12H,1-3H3,(H,20,23)/t12-/m1/s1. The van der Waals surface area contributed by atoms with Crippen LogP contribution in [0.15, 0.2) is 53.1 Å². The number of nitrogens with zero attached hydrogens (tertiary/aromatic N) is 2. The van der Waals surface area contributed by atoms with Crippen molar-refractivity contribution in [1.29, 1.82) is 0 Å². The summed E-state index contributed by atoms with van der Waals surface area (Å²) in [6, 6.07) is 13.8. The number of nitrogens with one attached hydrogen (secondary N) is 1. The number of ether oxygens (including phenoxy) is 2. The van der Waals surface area contributed by atoms with Gasteiger partial charge < -0.3 is 19.3 Å². The average molecular weight is 353 g/mol. The van der Waals surface area contributed by atoms with E-state index in [1.54, 1.807) is 45.4 Å². The third kappa shape index (κ3) is 3.83. The molecule has 7 heteroatoms. The molecule has 0 radical (unpaired) electrons. The van der Waals surface area contributed by atoms with E-state index >= 15 is 0 Å². The molecule has 134 valence electrons. The van der Waals surface area contributed by atoms with E-state index in [1.807, 2.05) is 24.3 Å². The highest BCUT2D eigenvalue weighted by Crippen LogP contribution is 2.22. The van der Waals surface area contributed by atoms with Crippen molar-refractivity contribution in [2.75, 3.05) is 14.2 Å². The van der Waals surface area contributed by atoms with Gasteiger partial charge in [-0.3, -0.25) is 4.79 Å². The number of hydrogen-bond acceptors (Lipinski definition) is 6. The van der Waals surface area contributed by atoms with E-state index in [1.165, 1.54) is 0 Å². The maximum atomic E-state index is 12.4. The Morgan fingerprint density at radius 1 is 1.08 bits per heavy atom. The fourth-order valence-corrected chi connectivity index (χ4v) is 2.37. The molecular weight excluding hydrogens is 334 g/mol. The summed E-state index contributed by atoms with van der Waals surface area (Å²) < 4.78 is 15.6. The van der Waals surface area contributed by atoms with Crippen LogP contribution in [0.25, 0.3) is 11.4 Å². The number of hydrogen-bond donors (Lipinski definition) is 1. The number of methoxy groups -OCH3 is 2. The van der Waals surface area contributed by atoms with Crippen molar-refractivity contribution in [2.45, 2.75) is 13.0 Å². The van der Waals surface area contributed by atoms with E-state index < -0.39 is 6.04 Å². The monoisotopic (exact) mass is 353 g/mol. The predicted octanol–water partition coefficient (Wildman–Crippen LogP) is 3.24. The van der Waals surface area contributed by atoms with Crippen LogP contribution in [0.2, 0.25) is 0 Å². The fourth-order valence-electron chi connectivity index (χ4n) is 2.37. The molecule has 1 aromatic heterocycles. The van der Waals surface area contributed by atoms with Gasteiger partial charge in [0.25, 0.3) is 5.91 Å². The molecule has 0 saturated heterocycles. The molecule has 7 nitrogen and oxygen atoms in total. The van der Waals surface area contributed by atoms with E-state index in [9.17, 15) is 4.79 Å². The minimum Gasteiger partial charge on any atom is -0.497 e.